The Morgan fingerprint density at radius 2 is 2.53 bits per heavy atom. The molecule has 0 aliphatic carbocycles. The normalized spacial score (nSPS) is 20.7. The van der Waals surface area contributed by atoms with Crippen molar-refractivity contribution in [2.24, 2.45) is 0 Å². The van der Waals surface area contributed by atoms with Gasteiger partial charge >= 0.3 is 0 Å². The fourth-order valence-electron chi connectivity index (χ4n) is 2.01. The van der Waals surface area contributed by atoms with Crippen LogP contribution < -0.4 is 0 Å². The molecule has 0 unspecified atom stereocenters. The predicted molar refractivity (Wildman–Crippen MR) is 67.9 cm³/mol. The van der Waals surface area contributed by atoms with Crippen LogP contribution in [0.4, 0.5) is 0 Å². The van der Waals surface area contributed by atoms with Crippen molar-refractivity contribution < 1.29 is 9.90 Å². The molecule has 0 radical (unpaired) electrons. The Balaban J connectivity index is 1.79. The highest BCUT2D eigenvalue weighted by Gasteiger charge is 2.23. The fraction of sp³-hybridized carbons (Fsp3) is 0.583. The molecule has 0 spiro atoms. The van der Waals surface area contributed by atoms with Crippen molar-refractivity contribution >= 4 is 17.2 Å². The van der Waals surface area contributed by atoms with Crippen molar-refractivity contribution in [1.82, 2.24) is 9.80 Å². The number of likely N-dealkylation sites (N-methyl/N-ethyl adjacent to an activating group) is 1. The van der Waals surface area contributed by atoms with E-state index in [1.54, 1.807) is 16.2 Å². The van der Waals surface area contributed by atoms with Crippen LogP contribution in [-0.4, -0.2) is 53.6 Å². The monoisotopic (exact) mass is 254 g/mol. The van der Waals surface area contributed by atoms with Gasteiger partial charge in [-0.1, -0.05) is 0 Å². The molecule has 5 heteroatoms. The number of rotatable bonds is 4. The number of carbonyl (C=O) groups is 1. The first-order chi connectivity index (χ1) is 8.15. The molecular formula is C12H18N2O2S. The number of hydrogen-bond donors (Lipinski definition) is 1. The van der Waals surface area contributed by atoms with E-state index in [4.69, 9.17) is 0 Å². The van der Waals surface area contributed by atoms with Crippen LogP contribution in [0.5, 0.6) is 0 Å². The second-order valence-corrected chi connectivity index (χ2v) is 5.34. The zero-order valence-corrected chi connectivity index (χ0v) is 10.8. The summed E-state index contributed by atoms with van der Waals surface area (Å²) < 4.78 is 0. The summed E-state index contributed by atoms with van der Waals surface area (Å²) in [6.45, 7) is 2.52. The first-order valence-electron chi connectivity index (χ1n) is 5.80. The topological polar surface area (TPSA) is 43.8 Å². The van der Waals surface area contributed by atoms with Crippen LogP contribution in [0.15, 0.2) is 16.8 Å². The number of β-amino-alcohol motifs (C(OH)–C–C–N with tert-alkyl or cyclic N) is 1. The maximum absolute atomic E-state index is 11.9. The van der Waals surface area contributed by atoms with Gasteiger partial charge in [0.2, 0.25) is 5.91 Å². The zero-order valence-electron chi connectivity index (χ0n) is 10.0. The number of aliphatic hydroxyl groups is 1. The molecule has 1 fully saturated rings. The predicted octanol–water partition coefficient (Wildman–Crippen LogP) is 0.773. The number of thiophene rings is 1. The van der Waals surface area contributed by atoms with Gasteiger partial charge in [-0.25, -0.2) is 0 Å². The summed E-state index contributed by atoms with van der Waals surface area (Å²) in [4.78, 5) is 15.7. The minimum Gasteiger partial charge on any atom is -0.392 e. The van der Waals surface area contributed by atoms with Crippen LogP contribution >= 0.6 is 11.3 Å². The molecule has 1 saturated heterocycles. The zero-order chi connectivity index (χ0) is 12.3. The Morgan fingerprint density at radius 1 is 1.71 bits per heavy atom. The molecule has 94 valence electrons. The van der Waals surface area contributed by atoms with Crippen molar-refractivity contribution in [3.63, 3.8) is 0 Å². The van der Waals surface area contributed by atoms with E-state index in [1.165, 1.54) is 5.56 Å². The molecule has 0 bridgehead atoms. The number of hydrogen-bond acceptors (Lipinski definition) is 4. The average Bonchev–Trinajstić information content (AvgIpc) is 2.90. The molecule has 1 N–H and O–H groups in total. The number of nitrogens with zero attached hydrogens (tertiary/aromatic N) is 2. The average molecular weight is 254 g/mol. The maximum Gasteiger partial charge on any atom is 0.236 e. The molecule has 4 nitrogen and oxygen atoms in total. The van der Waals surface area contributed by atoms with E-state index in [9.17, 15) is 9.90 Å². The lowest BCUT2D eigenvalue weighted by Gasteiger charge is -2.20. The largest absolute Gasteiger partial charge is 0.392 e. The minimum atomic E-state index is -0.259. The van der Waals surface area contributed by atoms with E-state index in [-0.39, 0.29) is 12.0 Å². The second-order valence-electron chi connectivity index (χ2n) is 4.56. The van der Waals surface area contributed by atoms with Gasteiger partial charge in [-0.3, -0.25) is 9.69 Å². The number of aliphatic hydroxyl groups excluding tert-OH is 1. The maximum atomic E-state index is 11.9. The lowest BCUT2D eigenvalue weighted by atomic mass is 10.3. The molecule has 1 amide bonds. The summed E-state index contributed by atoms with van der Waals surface area (Å²) in [5.41, 5.74) is 1.17. The van der Waals surface area contributed by atoms with Gasteiger partial charge in [0.25, 0.3) is 0 Å². The molecule has 0 aromatic carbocycles. The van der Waals surface area contributed by atoms with Crippen LogP contribution in [-0.2, 0) is 11.3 Å². The molecule has 17 heavy (non-hydrogen) atoms. The van der Waals surface area contributed by atoms with E-state index in [1.807, 2.05) is 23.4 Å². The quantitative estimate of drug-likeness (QED) is 0.863. The van der Waals surface area contributed by atoms with E-state index in [2.05, 4.69) is 5.38 Å². The van der Waals surface area contributed by atoms with Gasteiger partial charge in [-0.15, -0.1) is 0 Å². The van der Waals surface area contributed by atoms with E-state index in [0.717, 1.165) is 13.0 Å². The second kappa shape index (κ2) is 5.62. The SMILES string of the molecule is CN(Cc1ccsc1)C(=O)CN1CC[C@H](O)C1. The summed E-state index contributed by atoms with van der Waals surface area (Å²) >= 11 is 1.65. The van der Waals surface area contributed by atoms with Gasteiger partial charge in [-0.2, -0.15) is 11.3 Å². The summed E-state index contributed by atoms with van der Waals surface area (Å²) in [6.07, 6.45) is 0.520. The molecule has 1 aromatic heterocycles. The first kappa shape index (κ1) is 12.5. The lowest BCUT2D eigenvalue weighted by molar-refractivity contribution is -0.131. The standard InChI is InChI=1S/C12H18N2O2S/c1-13(6-10-3-5-17-9-10)12(16)8-14-4-2-11(15)7-14/h3,5,9,11,15H,2,4,6-8H2,1H3/t11-/m0/s1. The summed E-state index contributed by atoms with van der Waals surface area (Å²) in [5, 5.41) is 13.5. The number of amides is 1. The smallest absolute Gasteiger partial charge is 0.236 e. The van der Waals surface area contributed by atoms with E-state index < -0.39 is 0 Å². The third-order valence-electron chi connectivity index (χ3n) is 3.03. The molecule has 1 atom stereocenters. The van der Waals surface area contributed by atoms with Crippen LogP contribution in [0.2, 0.25) is 0 Å². The van der Waals surface area contributed by atoms with Crippen molar-refractivity contribution in [3.8, 4) is 0 Å². The van der Waals surface area contributed by atoms with Crippen molar-refractivity contribution in [1.29, 1.82) is 0 Å². The van der Waals surface area contributed by atoms with E-state index in [0.29, 0.717) is 19.6 Å². The van der Waals surface area contributed by atoms with Gasteiger partial charge in [0.1, 0.15) is 0 Å². The van der Waals surface area contributed by atoms with E-state index >= 15 is 0 Å². The highest BCUT2D eigenvalue weighted by molar-refractivity contribution is 7.07. The number of likely N-dealkylation sites (tertiary alicyclic amines) is 1. The molecule has 2 rings (SSSR count). The lowest BCUT2D eigenvalue weighted by Crippen LogP contribution is -2.37. The summed E-state index contributed by atoms with van der Waals surface area (Å²) in [6, 6.07) is 2.04. The van der Waals surface area contributed by atoms with Crippen LogP contribution in [0, 0.1) is 0 Å². The Bertz CT molecular complexity index is 367. The Hall–Kier alpha value is -0.910. The van der Waals surface area contributed by atoms with Gasteiger partial charge in [0.15, 0.2) is 0 Å². The summed E-state index contributed by atoms with van der Waals surface area (Å²) in [5.74, 6) is 0.116. The fourth-order valence-corrected chi connectivity index (χ4v) is 2.67. The molecular weight excluding hydrogens is 236 g/mol. The highest BCUT2D eigenvalue weighted by atomic mass is 32.1. The third-order valence-corrected chi connectivity index (χ3v) is 3.76. The van der Waals surface area contributed by atoms with Gasteiger partial charge in [-0.05, 0) is 28.8 Å². The molecule has 1 aromatic rings. The van der Waals surface area contributed by atoms with Gasteiger partial charge in [0, 0.05) is 26.7 Å². The Morgan fingerprint density at radius 3 is 3.12 bits per heavy atom. The van der Waals surface area contributed by atoms with Gasteiger partial charge < -0.3 is 10.0 Å². The molecule has 1 aliphatic heterocycles. The third kappa shape index (κ3) is 3.52. The van der Waals surface area contributed by atoms with Crippen molar-refractivity contribution in [2.45, 2.75) is 19.1 Å². The van der Waals surface area contributed by atoms with Gasteiger partial charge in [0.05, 0.1) is 12.6 Å². The first-order valence-corrected chi connectivity index (χ1v) is 6.75. The van der Waals surface area contributed by atoms with Crippen molar-refractivity contribution in [3.05, 3.63) is 22.4 Å². The van der Waals surface area contributed by atoms with Crippen LogP contribution in [0.25, 0.3) is 0 Å². The minimum absolute atomic E-state index is 0.116. The highest BCUT2D eigenvalue weighted by Crippen LogP contribution is 2.11. The molecule has 1 aliphatic rings. The summed E-state index contributed by atoms with van der Waals surface area (Å²) in [7, 11) is 1.83. The van der Waals surface area contributed by atoms with Crippen molar-refractivity contribution in [2.75, 3.05) is 26.7 Å². The molecule has 0 saturated carbocycles. The molecule has 2 heterocycles. The number of carbonyl (C=O) groups excluding carboxylic acids is 1. The van der Waals surface area contributed by atoms with Crippen LogP contribution in [0.1, 0.15) is 12.0 Å². The Labute approximate surface area is 105 Å². The van der Waals surface area contributed by atoms with Crippen LogP contribution in [0.3, 0.4) is 0 Å². The Kier molecular flexibility index (Phi) is 4.15.